The Morgan fingerprint density at radius 2 is 1.64 bits per heavy atom. The fraction of sp³-hybridized carbons (Fsp3) is 0.296. The molecule has 39 heavy (non-hydrogen) atoms. The van der Waals surface area contributed by atoms with Crippen molar-refractivity contribution in [2.45, 2.75) is 50.4 Å². The lowest BCUT2D eigenvalue weighted by molar-refractivity contribution is 0.410. The van der Waals surface area contributed by atoms with E-state index in [9.17, 15) is 12.8 Å². The van der Waals surface area contributed by atoms with Gasteiger partial charge in [-0.3, -0.25) is 4.72 Å². The molecule has 1 aliphatic rings. The first-order valence-electron chi connectivity index (χ1n) is 12.5. The molecular formula is C27H27F3N6O2S. The number of nitrogens with one attached hydrogen (secondary N) is 2. The Kier molecular flexibility index (Phi) is 7.41. The number of hydrogen-bond acceptors (Lipinski definition) is 7. The lowest BCUT2D eigenvalue weighted by atomic mass is 9.92. The highest BCUT2D eigenvalue weighted by molar-refractivity contribution is 7.91. The van der Waals surface area contributed by atoms with Crippen LogP contribution in [0.1, 0.15) is 36.8 Å². The third-order valence-corrected chi connectivity index (χ3v) is 7.94. The highest BCUT2D eigenvalue weighted by Gasteiger charge is 2.21. The van der Waals surface area contributed by atoms with E-state index in [1.807, 2.05) is 0 Å². The molecule has 4 aromatic rings. The number of benzene rings is 2. The second-order valence-electron chi connectivity index (χ2n) is 9.81. The molecule has 0 amide bonds. The number of aryl methyl sites for hydroxylation is 1. The van der Waals surface area contributed by atoms with Crippen molar-refractivity contribution >= 4 is 32.7 Å². The van der Waals surface area contributed by atoms with E-state index < -0.39 is 38.8 Å². The van der Waals surface area contributed by atoms with Gasteiger partial charge in [0.25, 0.3) is 0 Å². The first-order valence-corrected chi connectivity index (χ1v) is 14.1. The van der Waals surface area contributed by atoms with Gasteiger partial charge >= 0.3 is 0 Å². The monoisotopic (exact) mass is 556 g/mol. The Balaban J connectivity index is 1.37. The Labute approximate surface area is 223 Å². The maximum atomic E-state index is 15.1. The normalized spacial score (nSPS) is 17.8. The van der Waals surface area contributed by atoms with Crippen molar-refractivity contribution in [1.82, 2.24) is 15.0 Å². The third kappa shape index (κ3) is 6.28. The molecule has 2 heterocycles. The molecule has 2 aromatic carbocycles. The van der Waals surface area contributed by atoms with Crippen molar-refractivity contribution in [3.05, 3.63) is 77.2 Å². The summed E-state index contributed by atoms with van der Waals surface area (Å²) in [4.78, 5) is 13.3. The minimum absolute atomic E-state index is 0.0290. The largest absolute Gasteiger partial charge is 0.351 e. The van der Waals surface area contributed by atoms with Gasteiger partial charge in [-0.25, -0.2) is 36.5 Å². The predicted molar refractivity (Wildman–Crippen MR) is 144 cm³/mol. The quantitative estimate of drug-likeness (QED) is 0.291. The number of nitrogens with two attached hydrogens (primary N) is 1. The standard InChI is InChI=1S/C27H27F3N6O2S/c1-15-10-23(34-24-13-32-27(35-26(15)24)33-19-8-6-18(31)7-9-19)25-21(29)11-20(12-22(25)30)36-39(37,38)14-16-2-4-17(28)5-3-16/h2-5,10-13,18-19,36H,6-9,14,31H2,1H3,(H,32,33,35)/t18-,19-. The molecule has 8 nitrogen and oxygen atoms in total. The molecule has 0 bridgehead atoms. The van der Waals surface area contributed by atoms with Crippen LogP contribution in [0, 0.1) is 24.4 Å². The summed E-state index contributed by atoms with van der Waals surface area (Å²) in [7, 11) is -4.01. The molecule has 12 heteroatoms. The molecule has 1 aliphatic carbocycles. The van der Waals surface area contributed by atoms with Crippen molar-refractivity contribution in [1.29, 1.82) is 0 Å². The molecule has 0 spiro atoms. The summed E-state index contributed by atoms with van der Waals surface area (Å²) in [5.74, 6) is -2.52. The Morgan fingerprint density at radius 3 is 2.31 bits per heavy atom. The molecule has 5 rings (SSSR count). The maximum Gasteiger partial charge on any atom is 0.236 e. The van der Waals surface area contributed by atoms with Crippen molar-refractivity contribution < 1.29 is 21.6 Å². The second kappa shape index (κ2) is 10.8. The summed E-state index contributed by atoms with van der Waals surface area (Å²) in [5, 5.41) is 3.33. The van der Waals surface area contributed by atoms with Gasteiger partial charge in [-0.15, -0.1) is 0 Å². The number of sulfonamides is 1. The molecular weight excluding hydrogens is 529 g/mol. The average molecular weight is 557 g/mol. The Hall–Kier alpha value is -3.77. The third-order valence-electron chi connectivity index (χ3n) is 6.68. The molecule has 1 fully saturated rings. The zero-order valence-electron chi connectivity index (χ0n) is 21.1. The van der Waals surface area contributed by atoms with Crippen LogP contribution in [0.2, 0.25) is 0 Å². The van der Waals surface area contributed by atoms with Crippen LogP contribution in [0.15, 0.2) is 48.7 Å². The van der Waals surface area contributed by atoms with E-state index in [1.165, 1.54) is 24.4 Å². The van der Waals surface area contributed by atoms with Crippen LogP contribution in [-0.2, 0) is 15.8 Å². The Bertz CT molecular complexity index is 1600. The van der Waals surface area contributed by atoms with Gasteiger partial charge in [-0.2, -0.15) is 0 Å². The predicted octanol–water partition coefficient (Wildman–Crippen LogP) is 5.04. The second-order valence-corrected chi connectivity index (χ2v) is 11.5. The molecule has 204 valence electrons. The number of anilines is 2. The maximum absolute atomic E-state index is 15.1. The highest BCUT2D eigenvalue weighted by Crippen LogP contribution is 2.31. The van der Waals surface area contributed by atoms with Crippen LogP contribution in [0.3, 0.4) is 0 Å². The average Bonchev–Trinajstić information content (AvgIpc) is 2.86. The first kappa shape index (κ1) is 26.8. The van der Waals surface area contributed by atoms with Gasteiger partial charge in [0, 0.05) is 12.1 Å². The van der Waals surface area contributed by atoms with Gasteiger partial charge in [-0.05, 0) is 74.1 Å². The van der Waals surface area contributed by atoms with Gasteiger partial charge in [0.05, 0.1) is 34.4 Å². The van der Waals surface area contributed by atoms with Gasteiger partial charge < -0.3 is 11.1 Å². The molecule has 0 unspecified atom stereocenters. The fourth-order valence-electron chi connectivity index (χ4n) is 4.72. The zero-order chi connectivity index (χ0) is 27.7. The zero-order valence-corrected chi connectivity index (χ0v) is 21.9. The van der Waals surface area contributed by atoms with E-state index in [2.05, 4.69) is 25.0 Å². The topological polar surface area (TPSA) is 123 Å². The van der Waals surface area contributed by atoms with Crippen LogP contribution >= 0.6 is 0 Å². The molecule has 0 aliphatic heterocycles. The highest BCUT2D eigenvalue weighted by atomic mass is 32.2. The van der Waals surface area contributed by atoms with Crippen molar-refractivity contribution in [3.63, 3.8) is 0 Å². The summed E-state index contributed by atoms with van der Waals surface area (Å²) < 4.78 is 70.5. The number of rotatable bonds is 7. The Morgan fingerprint density at radius 1 is 0.974 bits per heavy atom. The van der Waals surface area contributed by atoms with Gasteiger partial charge in [0.15, 0.2) is 0 Å². The lowest BCUT2D eigenvalue weighted by Gasteiger charge is -2.26. The molecule has 1 saturated carbocycles. The molecule has 0 atom stereocenters. The van der Waals surface area contributed by atoms with Crippen molar-refractivity contribution in [2.75, 3.05) is 10.0 Å². The summed E-state index contributed by atoms with van der Waals surface area (Å²) in [5.41, 5.74) is 7.20. The number of hydrogen-bond donors (Lipinski definition) is 3. The van der Waals surface area contributed by atoms with E-state index in [0.717, 1.165) is 49.9 Å². The summed E-state index contributed by atoms with van der Waals surface area (Å²) in [6.45, 7) is 1.76. The fourth-order valence-corrected chi connectivity index (χ4v) is 5.90. The summed E-state index contributed by atoms with van der Waals surface area (Å²) in [6.07, 6.45) is 5.22. The van der Waals surface area contributed by atoms with Crippen LogP contribution in [0.25, 0.3) is 22.3 Å². The van der Waals surface area contributed by atoms with E-state index in [0.29, 0.717) is 28.1 Å². The van der Waals surface area contributed by atoms with Gasteiger partial charge in [0.2, 0.25) is 16.0 Å². The van der Waals surface area contributed by atoms with Crippen molar-refractivity contribution in [2.24, 2.45) is 5.73 Å². The molecule has 0 saturated heterocycles. The van der Waals surface area contributed by atoms with E-state index in [4.69, 9.17) is 5.73 Å². The summed E-state index contributed by atoms with van der Waals surface area (Å²) in [6, 6.07) is 8.66. The minimum atomic E-state index is -4.01. The van der Waals surface area contributed by atoms with Crippen LogP contribution in [0.4, 0.5) is 24.8 Å². The number of halogens is 3. The van der Waals surface area contributed by atoms with E-state index >= 15 is 8.78 Å². The van der Waals surface area contributed by atoms with Crippen LogP contribution < -0.4 is 15.8 Å². The first-order chi connectivity index (χ1) is 18.6. The van der Waals surface area contributed by atoms with Crippen LogP contribution in [-0.4, -0.2) is 35.5 Å². The molecule has 0 radical (unpaired) electrons. The summed E-state index contributed by atoms with van der Waals surface area (Å²) >= 11 is 0. The van der Waals surface area contributed by atoms with Crippen LogP contribution in [0.5, 0.6) is 0 Å². The minimum Gasteiger partial charge on any atom is -0.351 e. The number of fused-ring (bicyclic) bond motifs is 1. The smallest absolute Gasteiger partial charge is 0.236 e. The SMILES string of the molecule is Cc1cc(-c2c(F)cc(NS(=O)(=O)Cc3ccc(F)cc3)cc2F)nc2cnc(N[C@H]3CC[C@H](N)CC3)nc12. The van der Waals surface area contributed by atoms with Crippen molar-refractivity contribution in [3.8, 4) is 11.3 Å². The van der Waals surface area contributed by atoms with Gasteiger partial charge in [0.1, 0.15) is 23.0 Å². The van der Waals surface area contributed by atoms with Gasteiger partial charge in [-0.1, -0.05) is 12.1 Å². The van der Waals surface area contributed by atoms with E-state index in [-0.39, 0.29) is 23.5 Å². The number of pyridine rings is 1. The number of aromatic nitrogens is 3. The lowest BCUT2D eigenvalue weighted by Crippen LogP contribution is -2.33. The molecule has 4 N–H and O–H groups in total. The number of nitrogens with zero attached hydrogens (tertiary/aromatic N) is 3. The van der Waals surface area contributed by atoms with E-state index in [1.54, 1.807) is 6.92 Å². The molecule has 2 aromatic heterocycles.